The van der Waals surface area contributed by atoms with E-state index in [1.54, 1.807) is 24.0 Å². The average Bonchev–Trinajstić information content (AvgIpc) is 3.72. The third-order valence-corrected chi connectivity index (χ3v) is 8.46. The Morgan fingerprint density at radius 3 is 2.63 bits per heavy atom. The van der Waals surface area contributed by atoms with E-state index in [2.05, 4.69) is 55.9 Å². The number of aliphatic hydroxyl groups is 1. The third kappa shape index (κ3) is 7.40. The summed E-state index contributed by atoms with van der Waals surface area (Å²) in [6.07, 6.45) is 5.52. The van der Waals surface area contributed by atoms with E-state index in [1.807, 2.05) is 30.3 Å². The van der Waals surface area contributed by atoms with E-state index in [0.717, 1.165) is 34.4 Å². The summed E-state index contributed by atoms with van der Waals surface area (Å²) in [5.41, 5.74) is 4.15. The number of thiazole rings is 1. The molecule has 0 aliphatic heterocycles. The maximum absolute atomic E-state index is 12.9. The van der Waals surface area contributed by atoms with E-state index in [0.29, 0.717) is 35.0 Å². The van der Waals surface area contributed by atoms with Crippen LogP contribution in [-0.2, 0) is 0 Å². The molecule has 3 aromatic carbocycles. The Morgan fingerprint density at radius 2 is 1.80 bits per heavy atom. The molecule has 5 aromatic rings. The van der Waals surface area contributed by atoms with Gasteiger partial charge in [-0.1, -0.05) is 48.5 Å². The number of carbonyl (C=O) groups is 2. The molecule has 5 rings (SSSR count). The largest absolute Gasteiger partial charge is 0.396 e. The Morgan fingerprint density at radius 1 is 0.976 bits per heavy atom. The van der Waals surface area contributed by atoms with Crippen LogP contribution < -0.4 is 10.6 Å². The molecule has 1 atom stereocenters. The van der Waals surface area contributed by atoms with Gasteiger partial charge in [-0.05, 0) is 48.2 Å². The van der Waals surface area contributed by atoms with Gasteiger partial charge >= 0.3 is 0 Å². The van der Waals surface area contributed by atoms with Crippen molar-refractivity contribution in [1.29, 1.82) is 0 Å². The first-order chi connectivity index (χ1) is 20.1. The molecule has 0 aliphatic carbocycles. The minimum Gasteiger partial charge on any atom is -0.396 e. The maximum atomic E-state index is 12.9. The molecule has 4 N–H and O–H groups in total. The summed E-state index contributed by atoms with van der Waals surface area (Å²) >= 11 is 2.75. The molecule has 0 radical (unpaired) electrons. The summed E-state index contributed by atoms with van der Waals surface area (Å²) < 4.78 is 0. The smallest absolute Gasteiger partial charge is 0.263 e. The molecule has 2 amide bonds. The van der Waals surface area contributed by atoms with Crippen LogP contribution in [0.25, 0.3) is 22.0 Å². The lowest BCUT2D eigenvalue weighted by Crippen LogP contribution is -2.29. The fraction of sp³-hybridized carbons (Fsp3) is 0.226. The van der Waals surface area contributed by atoms with Crippen molar-refractivity contribution < 1.29 is 14.7 Å². The summed E-state index contributed by atoms with van der Waals surface area (Å²) in [5, 5.41) is 17.6. The van der Waals surface area contributed by atoms with E-state index in [-0.39, 0.29) is 24.5 Å². The van der Waals surface area contributed by atoms with Gasteiger partial charge in [0.1, 0.15) is 10.7 Å². The van der Waals surface area contributed by atoms with Crippen LogP contribution in [0.2, 0.25) is 0 Å². The van der Waals surface area contributed by atoms with Crippen molar-refractivity contribution in [3.05, 3.63) is 101 Å². The minimum atomic E-state index is -0.329. The second-order valence-electron chi connectivity index (χ2n) is 9.46. The zero-order valence-corrected chi connectivity index (χ0v) is 24.0. The average molecular weight is 586 g/mol. The van der Waals surface area contributed by atoms with E-state index in [4.69, 9.17) is 5.11 Å². The number of thioether (sulfide) groups is 1. The second kappa shape index (κ2) is 14.1. The molecule has 0 saturated heterocycles. The van der Waals surface area contributed by atoms with E-state index in [1.165, 1.54) is 28.5 Å². The van der Waals surface area contributed by atoms with Gasteiger partial charge in [0.05, 0.1) is 41.8 Å². The topological polar surface area (TPSA) is 120 Å². The minimum absolute atomic E-state index is 0.0563. The number of carbonyl (C=O) groups excluding carboxylic acids is 2. The molecule has 0 aliphatic rings. The highest BCUT2D eigenvalue weighted by Gasteiger charge is 2.20. The lowest BCUT2D eigenvalue weighted by molar-refractivity contribution is 0.0935. The quantitative estimate of drug-likeness (QED) is 0.102. The molecule has 1 unspecified atom stereocenters. The normalized spacial score (nSPS) is 11.8. The number of hydrogen-bond donors (Lipinski definition) is 4. The van der Waals surface area contributed by atoms with Crippen molar-refractivity contribution in [2.24, 2.45) is 0 Å². The number of imidazole rings is 1. The van der Waals surface area contributed by atoms with Crippen LogP contribution >= 0.6 is 23.1 Å². The molecular formula is C31H31N5O3S2. The van der Waals surface area contributed by atoms with Crippen LogP contribution in [0.4, 0.5) is 0 Å². The summed E-state index contributed by atoms with van der Waals surface area (Å²) in [4.78, 5) is 39.2. The number of hydrogen-bond acceptors (Lipinski definition) is 7. The Bertz CT molecular complexity index is 1600. The predicted molar refractivity (Wildman–Crippen MR) is 164 cm³/mol. The first-order valence-corrected chi connectivity index (χ1v) is 15.3. The molecule has 8 nitrogen and oxygen atoms in total. The highest BCUT2D eigenvalue weighted by molar-refractivity contribution is 7.99. The van der Waals surface area contributed by atoms with Crippen LogP contribution in [0.5, 0.6) is 0 Å². The number of nitrogens with zero attached hydrogens (tertiary/aromatic N) is 2. The molecule has 0 saturated carbocycles. The van der Waals surface area contributed by atoms with Crippen LogP contribution in [0.15, 0.2) is 89.5 Å². The zero-order chi connectivity index (χ0) is 28.4. The zero-order valence-electron chi connectivity index (χ0n) is 22.4. The van der Waals surface area contributed by atoms with Crippen molar-refractivity contribution in [2.45, 2.75) is 30.2 Å². The van der Waals surface area contributed by atoms with Crippen LogP contribution in [0.3, 0.4) is 0 Å². The number of aromatic amines is 1. The van der Waals surface area contributed by atoms with Crippen LogP contribution in [0.1, 0.15) is 51.2 Å². The molecule has 0 bridgehead atoms. The van der Waals surface area contributed by atoms with Gasteiger partial charge in [-0.3, -0.25) is 14.6 Å². The van der Waals surface area contributed by atoms with Gasteiger partial charge in [0.2, 0.25) is 0 Å². The predicted octanol–water partition coefficient (Wildman–Crippen LogP) is 5.84. The molecule has 2 heterocycles. The monoisotopic (exact) mass is 585 g/mol. The van der Waals surface area contributed by atoms with Gasteiger partial charge in [0.15, 0.2) is 0 Å². The molecule has 0 fully saturated rings. The van der Waals surface area contributed by atoms with Gasteiger partial charge in [0.25, 0.3) is 11.8 Å². The number of benzene rings is 3. The Balaban J connectivity index is 1.22. The molecule has 210 valence electrons. The summed E-state index contributed by atoms with van der Waals surface area (Å²) in [6, 6.07) is 21.6. The highest BCUT2D eigenvalue weighted by Crippen LogP contribution is 2.26. The number of nitrogens with one attached hydrogen (secondary N) is 3. The summed E-state index contributed by atoms with van der Waals surface area (Å²) in [7, 11) is 0. The van der Waals surface area contributed by atoms with Gasteiger partial charge in [0, 0.05) is 22.8 Å². The van der Waals surface area contributed by atoms with Crippen molar-refractivity contribution >= 4 is 45.7 Å². The SMILES string of the molecule is O=C(NC(CCCCNC(=O)c1ccccc1SCCO)c1ncc(-c2ccc3ccccc3c2)[nH]1)c1cncs1. The first kappa shape index (κ1) is 28.5. The van der Waals surface area contributed by atoms with E-state index < -0.39 is 0 Å². The number of fused-ring (bicyclic) bond motifs is 1. The van der Waals surface area contributed by atoms with Crippen molar-refractivity contribution in [3.8, 4) is 11.3 Å². The number of rotatable bonds is 13. The molecule has 2 aromatic heterocycles. The molecular weight excluding hydrogens is 555 g/mol. The van der Waals surface area contributed by atoms with Crippen LogP contribution in [0, 0.1) is 0 Å². The maximum Gasteiger partial charge on any atom is 0.263 e. The van der Waals surface area contributed by atoms with Gasteiger partial charge in [-0.25, -0.2) is 4.98 Å². The molecule has 10 heteroatoms. The second-order valence-corrected chi connectivity index (χ2v) is 11.5. The molecule has 0 spiro atoms. The van der Waals surface area contributed by atoms with E-state index in [9.17, 15) is 9.59 Å². The fourth-order valence-electron chi connectivity index (χ4n) is 4.56. The van der Waals surface area contributed by atoms with Gasteiger partial charge in [-0.15, -0.1) is 23.1 Å². The van der Waals surface area contributed by atoms with Crippen molar-refractivity contribution in [2.75, 3.05) is 18.9 Å². The standard InChI is InChI=1S/C31H31N5O3S2/c37-15-16-40-27-11-4-3-9-24(27)30(38)33-14-6-5-10-25(36-31(39)28-19-32-20-41-28)29-34-18-26(35-29)23-13-12-21-7-1-2-8-22(21)17-23/h1-4,7-9,11-13,17-20,25,37H,5-6,10,14-16H2,(H,33,38)(H,34,35)(H,36,39). The molecule has 41 heavy (non-hydrogen) atoms. The fourth-order valence-corrected chi connectivity index (χ4v) is 5.88. The Labute approximate surface area is 246 Å². The summed E-state index contributed by atoms with van der Waals surface area (Å²) in [5.74, 6) is 0.900. The number of unbranched alkanes of at least 4 members (excludes halogenated alkanes) is 1. The first-order valence-electron chi connectivity index (χ1n) is 13.5. The van der Waals surface area contributed by atoms with E-state index >= 15 is 0 Å². The van der Waals surface area contributed by atoms with Crippen LogP contribution in [-0.4, -0.2) is 50.8 Å². The highest BCUT2D eigenvalue weighted by atomic mass is 32.2. The number of aliphatic hydroxyl groups excluding tert-OH is 1. The Kier molecular flexibility index (Phi) is 9.79. The Hall–Kier alpha value is -3.99. The lowest BCUT2D eigenvalue weighted by Gasteiger charge is -2.16. The summed E-state index contributed by atoms with van der Waals surface area (Å²) in [6.45, 7) is 0.564. The third-order valence-electron chi connectivity index (χ3n) is 6.63. The number of amides is 2. The van der Waals surface area contributed by atoms with Crippen molar-refractivity contribution in [3.63, 3.8) is 0 Å². The number of H-pyrrole nitrogens is 1. The van der Waals surface area contributed by atoms with Crippen molar-refractivity contribution in [1.82, 2.24) is 25.6 Å². The van der Waals surface area contributed by atoms with Gasteiger partial charge < -0.3 is 20.7 Å². The van der Waals surface area contributed by atoms with Gasteiger partial charge in [-0.2, -0.15) is 0 Å². The number of aromatic nitrogens is 3. The lowest BCUT2D eigenvalue weighted by atomic mass is 10.1.